The summed E-state index contributed by atoms with van der Waals surface area (Å²) in [5.41, 5.74) is 2.20. The first kappa shape index (κ1) is 14.0. The molecule has 1 atom stereocenters. The molecule has 0 fully saturated rings. The summed E-state index contributed by atoms with van der Waals surface area (Å²) in [6.45, 7) is 0.915. The summed E-state index contributed by atoms with van der Waals surface area (Å²) < 4.78 is 7.42. The average molecular weight is 298 g/mol. The van der Waals surface area contributed by atoms with Crippen molar-refractivity contribution in [2.75, 3.05) is 13.6 Å². The molecular formula is C17H18N2OS. The van der Waals surface area contributed by atoms with Crippen LogP contribution in [0.3, 0.4) is 0 Å². The van der Waals surface area contributed by atoms with E-state index in [1.807, 2.05) is 31.4 Å². The van der Waals surface area contributed by atoms with Crippen LogP contribution >= 0.6 is 11.3 Å². The van der Waals surface area contributed by atoms with Gasteiger partial charge < -0.3 is 10.1 Å². The lowest BCUT2D eigenvalue weighted by Crippen LogP contribution is -2.16. The monoisotopic (exact) mass is 298 g/mol. The summed E-state index contributed by atoms with van der Waals surface area (Å²) in [5, 5.41) is 5.25. The van der Waals surface area contributed by atoms with Crippen LogP contribution < -0.4 is 10.1 Å². The number of ether oxygens (including phenoxy) is 1. The van der Waals surface area contributed by atoms with Gasteiger partial charge >= 0.3 is 0 Å². The number of pyridine rings is 1. The van der Waals surface area contributed by atoms with E-state index in [-0.39, 0.29) is 6.10 Å². The van der Waals surface area contributed by atoms with E-state index in [1.54, 1.807) is 11.3 Å². The predicted octanol–water partition coefficient (Wildman–Crippen LogP) is 4.03. The fourth-order valence-corrected chi connectivity index (χ4v) is 3.14. The van der Waals surface area contributed by atoms with Gasteiger partial charge in [0.2, 0.25) is 0 Å². The van der Waals surface area contributed by atoms with Crippen LogP contribution in [0.5, 0.6) is 5.75 Å². The Kier molecular flexibility index (Phi) is 4.48. The van der Waals surface area contributed by atoms with Crippen LogP contribution in [-0.2, 0) is 0 Å². The maximum atomic E-state index is 6.30. The van der Waals surface area contributed by atoms with Gasteiger partial charge in [0.25, 0.3) is 0 Å². The summed E-state index contributed by atoms with van der Waals surface area (Å²) in [7, 11) is 1.96. The second kappa shape index (κ2) is 6.70. The van der Waals surface area contributed by atoms with Gasteiger partial charge in [-0.3, -0.25) is 4.98 Å². The molecule has 0 radical (unpaired) electrons. The number of hydrogen-bond acceptors (Lipinski definition) is 4. The number of nitrogens with zero attached hydrogens (tertiary/aromatic N) is 1. The highest BCUT2D eigenvalue weighted by molar-refractivity contribution is 7.17. The van der Waals surface area contributed by atoms with Crippen molar-refractivity contribution in [1.82, 2.24) is 10.3 Å². The quantitative estimate of drug-likeness (QED) is 0.746. The zero-order chi connectivity index (χ0) is 14.5. The van der Waals surface area contributed by atoms with Crippen LogP contribution in [0.25, 0.3) is 10.2 Å². The number of nitrogens with one attached hydrogen (secondary N) is 1. The minimum atomic E-state index is 0.0475. The van der Waals surface area contributed by atoms with Crippen molar-refractivity contribution in [3.05, 3.63) is 59.6 Å². The minimum absolute atomic E-state index is 0.0475. The molecule has 2 aromatic heterocycles. The lowest BCUT2D eigenvalue weighted by atomic mass is 10.1. The van der Waals surface area contributed by atoms with Crippen molar-refractivity contribution in [2.24, 2.45) is 0 Å². The third-order valence-electron chi connectivity index (χ3n) is 3.40. The van der Waals surface area contributed by atoms with Crippen molar-refractivity contribution in [1.29, 1.82) is 0 Å². The SMILES string of the molecule is CNCC[C@@H](Oc1ccnc2ccsc12)c1ccccc1. The van der Waals surface area contributed by atoms with Crippen molar-refractivity contribution in [3.8, 4) is 5.75 Å². The van der Waals surface area contributed by atoms with Crippen LogP contribution in [0.15, 0.2) is 54.0 Å². The Hall–Kier alpha value is -1.91. The van der Waals surface area contributed by atoms with Gasteiger partial charge in [-0.2, -0.15) is 0 Å². The standard InChI is InChI=1S/C17H18N2OS/c1-18-10-7-15(13-5-3-2-4-6-13)20-16-8-11-19-14-9-12-21-17(14)16/h2-6,8-9,11-12,15,18H,7,10H2,1H3/t15-/m1/s1. The fourth-order valence-electron chi connectivity index (χ4n) is 2.33. The molecule has 3 rings (SSSR count). The van der Waals surface area contributed by atoms with E-state index in [1.165, 1.54) is 5.56 Å². The average Bonchev–Trinajstić information content (AvgIpc) is 3.01. The molecule has 3 nitrogen and oxygen atoms in total. The molecule has 0 saturated carbocycles. The Morgan fingerprint density at radius 2 is 2.05 bits per heavy atom. The van der Waals surface area contributed by atoms with E-state index < -0.39 is 0 Å². The summed E-state index contributed by atoms with van der Waals surface area (Å²) >= 11 is 1.67. The molecule has 1 N–H and O–H groups in total. The predicted molar refractivity (Wildman–Crippen MR) is 88.0 cm³/mol. The molecule has 2 heterocycles. The topological polar surface area (TPSA) is 34.1 Å². The molecule has 0 aliphatic rings. The molecule has 0 aliphatic heterocycles. The molecule has 0 aliphatic carbocycles. The van der Waals surface area contributed by atoms with Gasteiger partial charge in [0.05, 0.1) is 10.2 Å². The largest absolute Gasteiger partial charge is 0.484 e. The van der Waals surface area contributed by atoms with Gasteiger partial charge in [-0.05, 0) is 30.6 Å². The van der Waals surface area contributed by atoms with Crippen molar-refractivity contribution >= 4 is 21.6 Å². The Balaban J connectivity index is 1.89. The molecule has 0 spiro atoms. The van der Waals surface area contributed by atoms with Gasteiger partial charge in [-0.1, -0.05) is 30.3 Å². The summed E-state index contributed by atoms with van der Waals surface area (Å²) in [6, 6.07) is 14.4. The third kappa shape index (κ3) is 3.23. The first-order chi connectivity index (χ1) is 10.4. The maximum absolute atomic E-state index is 6.30. The zero-order valence-electron chi connectivity index (χ0n) is 12.0. The maximum Gasteiger partial charge on any atom is 0.141 e. The normalized spacial score (nSPS) is 12.4. The smallest absolute Gasteiger partial charge is 0.141 e. The molecule has 108 valence electrons. The van der Waals surface area contributed by atoms with Crippen LogP contribution in [0.2, 0.25) is 0 Å². The molecule has 0 saturated heterocycles. The van der Waals surface area contributed by atoms with E-state index in [2.05, 4.69) is 39.9 Å². The Bertz CT molecular complexity index is 696. The van der Waals surface area contributed by atoms with Gasteiger partial charge in [0, 0.05) is 18.7 Å². The summed E-state index contributed by atoms with van der Waals surface area (Å²) in [6.07, 6.45) is 2.78. The number of thiophene rings is 1. The lowest BCUT2D eigenvalue weighted by Gasteiger charge is -2.20. The third-order valence-corrected chi connectivity index (χ3v) is 4.32. The molecule has 4 heteroatoms. The van der Waals surface area contributed by atoms with Gasteiger partial charge in [0.15, 0.2) is 0 Å². The van der Waals surface area contributed by atoms with E-state index in [0.29, 0.717) is 0 Å². The van der Waals surface area contributed by atoms with Crippen LogP contribution in [0, 0.1) is 0 Å². The van der Waals surface area contributed by atoms with Crippen molar-refractivity contribution < 1.29 is 4.74 Å². The molecule has 0 amide bonds. The highest BCUT2D eigenvalue weighted by Crippen LogP contribution is 2.33. The van der Waals surface area contributed by atoms with E-state index in [0.717, 1.165) is 28.9 Å². The number of fused-ring (bicyclic) bond motifs is 1. The van der Waals surface area contributed by atoms with Crippen LogP contribution in [0.1, 0.15) is 18.1 Å². The van der Waals surface area contributed by atoms with Crippen LogP contribution in [-0.4, -0.2) is 18.6 Å². The Labute approximate surface area is 128 Å². The summed E-state index contributed by atoms with van der Waals surface area (Å²) in [5.74, 6) is 0.917. The Morgan fingerprint density at radius 1 is 1.19 bits per heavy atom. The highest BCUT2D eigenvalue weighted by Gasteiger charge is 2.15. The van der Waals surface area contributed by atoms with E-state index in [4.69, 9.17) is 4.74 Å². The van der Waals surface area contributed by atoms with Crippen molar-refractivity contribution in [3.63, 3.8) is 0 Å². The number of rotatable bonds is 6. The van der Waals surface area contributed by atoms with Crippen molar-refractivity contribution in [2.45, 2.75) is 12.5 Å². The fraction of sp³-hybridized carbons (Fsp3) is 0.235. The van der Waals surface area contributed by atoms with Crippen LogP contribution in [0.4, 0.5) is 0 Å². The molecule has 3 aromatic rings. The number of hydrogen-bond donors (Lipinski definition) is 1. The molecule has 1 aromatic carbocycles. The second-order valence-corrected chi connectivity index (χ2v) is 5.77. The number of aromatic nitrogens is 1. The lowest BCUT2D eigenvalue weighted by molar-refractivity contribution is 0.198. The minimum Gasteiger partial charge on any atom is -0.484 e. The second-order valence-electron chi connectivity index (χ2n) is 4.85. The van der Waals surface area contributed by atoms with E-state index >= 15 is 0 Å². The number of benzene rings is 1. The zero-order valence-corrected chi connectivity index (χ0v) is 12.8. The first-order valence-corrected chi connectivity index (χ1v) is 7.95. The molecule has 21 heavy (non-hydrogen) atoms. The molecular weight excluding hydrogens is 280 g/mol. The Morgan fingerprint density at radius 3 is 2.86 bits per heavy atom. The summed E-state index contributed by atoms with van der Waals surface area (Å²) in [4.78, 5) is 4.36. The van der Waals surface area contributed by atoms with E-state index in [9.17, 15) is 0 Å². The van der Waals surface area contributed by atoms with Gasteiger partial charge in [-0.25, -0.2) is 0 Å². The first-order valence-electron chi connectivity index (χ1n) is 7.07. The van der Waals surface area contributed by atoms with Gasteiger partial charge in [-0.15, -0.1) is 11.3 Å². The van der Waals surface area contributed by atoms with Gasteiger partial charge in [0.1, 0.15) is 11.9 Å². The molecule has 0 bridgehead atoms. The molecule has 0 unspecified atom stereocenters. The highest BCUT2D eigenvalue weighted by atomic mass is 32.1.